The van der Waals surface area contributed by atoms with E-state index in [1.54, 1.807) is 11.3 Å². The zero-order valence-corrected chi connectivity index (χ0v) is 12.7. The Morgan fingerprint density at radius 1 is 1.55 bits per heavy atom. The Balaban J connectivity index is 1.72. The molecule has 0 radical (unpaired) electrons. The Hall–Kier alpha value is -0.910. The van der Waals surface area contributed by atoms with Gasteiger partial charge in [0.2, 0.25) is 5.91 Å². The lowest BCUT2D eigenvalue weighted by molar-refractivity contribution is -0.136. The van der Waals surface area contributed by atoms with E-state index in [-0.39, 0.29) is 23.9 Å². The highest BCUT2D eigenvalue weighted by Gasteiger charge is 2.40. The molecular weight excluding hydrogens is 272 g/mol. The summed E-state index contributed by atoms with van der Waals surface area (Å²) in [5.41, 5.74) is 0. The first-order valence-corrected chi connectivity index (χ1v) is 8.34. The van der Waals surface area contributed by atoms with Gasteiger partial charge in [-0.1, -0.05) is 13.0 Å². The van der Waals surface area contributed by atoms with Crippen molar-refractivity contribution in [3.05, 3.63) is 22.4 Å². The Kier molecular flexibility index (Phi) is 4.38. The van der Waals surface area contributed by atoms with Crippen molar-refractivity contribution in [1.29, 1.82) is 0 Å². The summed E-state index contributed by atoms with van der Waals surface area (Å²) in [6.45, 7) is 5.05. The van der Waals surface area contributed by atoms with Gasteiger partial charge in [-0.25, -0.2) is 0 Å². The molecule has 1 amide bonds. The Labute approximate surface area is 124 Å². The van der Waals surface area contributed by atoms with Gasteiger partial charge < -0.3 is 15.0 Å². The smallest absolute Gasteiger partial charge is 0.230 e. The second-order valence-electron chi connectivity index (χ2n) is 5.51. The lowest BCUT2D eigenvalue weighted by Gasteiger charge is -2.28. The number of rotatable bonds is 4. The van der Waals surface area contributed by atoms with Crippen LogP contribution >= 0.6 is 11.3 Å². The van der Waals surface area contributed by atoms with Crippen LogP contribution in [0.2, 0.25) is 0 Å². The number of likely N-dealkylation sites (N-methyl/N-ethyl adjacent to an activating group) is 1. The molecular formula is C15H22N2O2S. The van der Waals surface area contributed by atoms with Crippen LogP contribution in [0.4, 0.5) is 0 Å². The van der Waals surface area contributed by atoms with Crippen LogP contribution in [-0.4, -0.2) is 43.2 Å². The van der Waals surface area contributed by atoms with Gasteiger partial charge in [0.1, 0.15) is 0 Å². The first-order chi connectivity index (χ1) is 9.81. The molecule has 0 spiro atoms. The molecule has 0 saturated carbocycles. The molecule has 20 heavy (non-hydrogen) atoms. The minimum atomic E-state index is -0.0180. The van der Waals surface area contributed by atoms with E-state index in [1.807, 2.05) is 0 Å². The second-order valence-corrected chi connectivity index (χ2v) is 6.49. The molecule has 0 bridgehead atoms. The van der Waals surface area contributed by atoms with Gasteiger partial charge in [0.15, 0.2) is 0 Å². The number of thiophene rings is 1. The molecule has 0 aromatic carbocycles. The molecule has 2 aliphatic heterocycles. The maximum absolute atomic E-state index is 12.8. The topological polar surface area (TPSA) is 41.6 Å². The Morgan fingerprint density at radius 2 is 2.45 bits per heavy atom. The first-order valence-electron chi connectivity index (χ1n) is 7.46. The number of carbonyl (C=O) groups excluding carboxylic acids is 1. The number of ether oxygens (including phenoxy) is 1. The number of amides is 1. The highest BCUT2D eigenvalue weighted by atomic mass is 32.1. The molecule has 1 aromatic heterocycles. The molecule has 5 heteroatoms. The second kappa shape index (κ2) is 6.24. The predicted octanol–water partition coefficient (Wildman–Crippen LogP) is 2.04. The zero-order valence-electron chi connectivity index (χ0n) is 11.9. The third kappa shape index (κ3) is 2.62. The van der Waals surface area contributed by atoms with E-state index in [2.05, 4.69) is 34.7 Å². The fourth-order valence-electron chi connectivity index (χ4n) is 3.28. The predicted molar refractivity (Wildman–Crippen MR) is 79.8 cm³/mol. The lowest BCUT2D eigenvalue weighted by atomic mass is 10.0. The molecule has 3 unspecified atom stereocenters. The molecule has 4 nitrogen and oxygen atoms in total. The van der Waals surface area contributed by atoms with Gasteiger partial charge >= 0.3 is 0 Å². The van der Waals surface area contributed by atoms with Crippen LogP contribution in [0.1, 0.15) is 30.7 Å². The molecule has 2 saturated heterocycles. The van der Waals surface area contributed by atoms with E-state index in [9.17, 15) is 4.79 Å². The summed E-state index contributed by atoms with van der Waals surface area (Å²) < 4.78 is 5.52. The van der Waals surface area contributed by atoms with E-state index in [1.165, 1.54) is 4.88 Å². The standard InChI is InChI=1S/C15H22N2O2S/c1-2-16-12-10-19-9-11(12)15(18)17-7-3-5-13(17)14-6-4-8-20-14/h4,6,8,11-13,16H,2-3,5,7,9-10H2,1H3. The fraction of sp³-hybridized carbons (Fsp3) is 0.667. The number of carbonyl (C=O) groups is 1. The summed E-state index contributed by atoms with van der Waals surface area (Å²) >= 11 is 1.75. The van der Waals surface area contributed by atoms with Gasteiger partial charge in [-0.05, 0) is 30.8 Å². The average Bonchev–Trinajstić information content (AvgIpc) is 3.19. The van der Waals surface area contributed by atoms with Gasteiger partial charge in [-0.2, -0.15) is 0 Å². The van der Waals surface area contributed by atoms with Crippen LogP contribution in [0.3, 0.4) is 0 Å². The van der Waals surface area contributed by atoms with Gasteiger partial charge in [-0.3, -0.25) is 4.79 Å². The third-order valence-electron chi connectivity index (χ3n) is 4.27. The summed E-state index contributed by atoms with van der Waals surface area (Å²) in [7, 11) is 0. The molecule has 110 valence electrons. The number of likely N-dealkylation sites (tertiary alicyclic amines) is 1. The van der Waals surface area contributed by atoms with Crippen LogP contribution in [0.25, 0.3) is 0 Å². The van der Waals surface area contributed by atoms with Gasteiger partial charge in [0.25, 0.3) is 0 Å². The van der Waals surface area contributed by atoms with Crippen molar-refractivity contribution in [3.8, 4) is 0 Å². The van der Waals surface area contributed by atoms with Crippen molar-refractivity contribution >= 4 is 17.2 Å². The molecule has 3 rings (SSSR count). The maximum Gasteiger partial charge on any atom is 0.230 e. The van der Waals surface area contributed by atoms with Crippen molar-refractivity contribution in [2.75, 3.05) is 26.3 Å². The number of nitrogens with one attached hydrogen (secondary N) is 1. The van der Waals surface area contributed by atoms with Crippen LogP contribution in [0.15, 0.2) is 17.5 Å². The molecule has 0 aliphatic carbocycles. The van der Waals surface area contributed by atoms with Crippen LogP contribution < -0.4 is 5.32 Å². The highest BCUT2D eigenvalue weighted by Crippen LogP contribution is 2.36. The monoisotopic (exact) mass is 294 g/mol. The largest absolute Gasteiger partial charge is 0.379 e. The van der Waals surface area contributed by atoms with Gasteiger partial charge in [0.05, 0.1) is 25.2 Å². The van der Waals surface area contributed by atoms with E-state index >= 15 is 0 Å². The molecule has 1 aromatic rings. The summed E-state index contributed by atoms with van der Waals surface area (Å²) in [6, 6.07) is 4.68. The summed E-state index contributed by atoms with van der Waals surface area (Å²) in [4.78, 5) is 16.2. The molecule has 1 N–H and O–H groups in total. The maximum atomic E-state index is 12.8. The SMILES string of the molecule is CCNC1COCC1C(=O)N1CCCC1c1cccs1. The lowest BCUT2D eigenvalue weighted by Crippen LogP contribution is -2.45. The molecule has 3 heterocycles. The van der Waals surface area contributed by atoms with E-state index in [4.69, 9.17) is 4.74 Å². The normalized spacial score (nSPS) is 30.1. The minimum absolute atomic E-state index is 0.0180. The molecule has 3 atom stereocenters. The Bertz CT molecular complexity index is 449. The fourth-order valence-corrected chi connectivity index (χ4v) is 4.15. The van der Waals surface area contributed by atoms with Gasteiger partial charge in [-0.15, -0.1) is 11.3 Å². The third-order valence-corrected chi connectivity index (χ3v) is 5.25. The van der Waals surface area contributed by atoms with Crippen LogP contribution in [0.5, 0.6) is 0 Å². The first kappa shape index (κ1) is 14.0. The van der Waals surface area contributed by atoms with E-state index in [0.717, 1.165) is 25.9 Å². The minimum Gasteiger partial charge on any atom is -0.379 e. The number of hydrogen-bond donors (Lipinski definition) is 1. The quantitative estimate of drug-likeness (QED) is 0.924. The van der Waals surface area contributed by atoms with Crippen molar-refractivity contribution < 1.29 is 9.53 Å². The summed E-state index contributed by atoms with van der Waals surface area (Å²) in [5.74, 6) is 0.250. The Morgan fingerprint density at radius 3 is 3.20 bits per heavy atom. The van der Waals surface area contributed by atoms with Crippen LogP contribution in [-0.2, 0) is 9.53 Å². The van der Waals surface area contributed by atoms with Crippen molar-refractivity contribution in [2.24, 2.45) is 5.92 Å². The number of hydrogen-bond acceptors (Lipinski definition) is 4. The van der Waals surface area contributed by atoms with Crippen molar-refractivity contribution in [2.45, 2.75) is 31.8 Å². The van der Waals surface area contributed by atoms with Crippen molar-refractivity contribution in [3.63, 3.8) is 0 Å². The van der Waals surface area contributed by atoms with E-state index in [0.29, 0.717) is 13.2 Å². The highest BCUT2D eigenvalue weighted by molar-refractivity contribution is 7.10. The van der Waals surface area contributed by atoms with E-state index < -0.39 is 0 Å². The van der Waals surface area contributed by atoms with Crippen molar-refractivity contribution in [1.82, 2.24) is 10.2 Å². The van der Waals surface area contributed by atoms with Gasteiger partial charge in [0, 0.05) is 17.5 Å². The number of nitrogens with zero attached hydrogens (tertiary/aromatic N) is 1. The summed E-state index contributed by atoms with van der Waals surface area (Å²) in [5, 5.41) is 5.47. The summed E-state index contributed by atoms with van der Waals surface area (Å²) in [6.07, 6.45) is 2.19. The average molecular weight is 294 g/mol. The van der Waals surface area contributed by atoms with Crippen LogP contribution in [0, 0.1) is 5.92 Å². The molecule has 2 aliphatic rings. The molecule has 2 fully saturated rings. The zero-order chi connectivity index (χ0) is 13.9.